The molecule has 0 atom stereocenters. The zero-order valence-corrected chi connectivity index (χ0v) is 17.4. The van der Waals surface area contributed by atoms with E-state index in [0.29, 0.717) is 25.9 Å². The zero-order chi connectivity index (χ0) is 19.4. The molecule has 3 rings (SSSR count). The van der Waals surface area contributed by atoms with Gasteiger partial charge in [0.25, 0.3) is 5.56 Å². The molecule has 6 nitrogen and oxygen atoms in total. The zero-order valence-electron chi connectivity index (χ0n) is 16.5. The molecule has 0 saturated carbocycles. The van der Waals surface area contributed by atoms with Crippen LogP contribution in [0, 0.1) is 0 Å². The van der Waals surface area contributed by atoms with Crippen LogP contribution in [0.2, 0.25) is 0 Å². The highest BCUT2D eigenvalue weighted by atomic mass is 32.1. The van der Waals surface area contributed by atoms with Crippen LogP contribution < -0.4 is 5.56 Å². The van der Waals surface area contributed by atoms with Crippen molar-refractivity contribution in [2.75, 3.05) is 20.2 Å². The Kier molecular flexibility index (Phi) is 6.65. The van der Waals surface area contributed by atoms with Crippen LogP contribution >= 0.6 is 11.3 Å². The summed E-state index contributed by atoms with van der Waals surface area (Å²) < 4.78 is 6.53. The van der Waals surface area contributed by atoms with Gasteiger partial charge in [-0.05, 0) is 50.8 Å². The Hall–Kier alpha value is -1.73. The Labute approximate surface area is 164 Å². The van der Waals surface area contributed by atoms with Gasteiger partial charge < -0.3 is 4.74 Å². The molecule has 1 aliphatic carbocycles. The summed E-state index contributed by atoms with van der Waals surface area (Å²) in [5, 5.41) is 0.816. The van der Waals surface area contributed by atoms with Crippen molar-refractivity contribution in [2.24, 2.45) is 0 Å². The molecule has 0 aromatic carbocycles. The molecule has 27 heavy (non-hydrogen) atoms. The number of methoxy groups -OCH3 is 1. The molecule has 1 aliphatic rings. The summed E-state index contributed by atoms with van der Waals surface area (Å²) in [6, 6.07) is 0. The van der Waals surface area contributed by atoms with Crippen molar-refractivity contribution in [3.05, 3.63) is 26.6 Å². The molecule has 0 spiro atoms. The average molecular weight is 392 g/mol. The van der Waals surface area contributed by atoms with Crippen molar-refractivity contribution in [3.63, 3.8) is 0 Å². The maximum atomic E-state index is 13.4. The van der Waals surface area contributed by atoms with Crippen molar-refractivity contribution >= 4 is 27.5 Å². The first-order valence-electron chi connectivity index (χ1n) is 9.92. The molecule has 0 unspecified atom stereocenters. The number of rotatable bonds is 8. The minimum absolute atomic E-state index is 0.0615. The lowest BCUT2D eigenvalue weighted by Crippen LogP contribution is -2.31. The quantitative estimate of drug-likeness (QED) is 0.647. The van der Waals surface area contributed by atoms with Crippen molar-refractivity contribution in [1.82, 2.24) is 14.5 Å². The van der Waals surface area contributed by atoms with Crippen LogP contribution in [-0.4, -0.2) is 40.6 Å². The third-order valence-corrected chi connectivity index (χ3v) is 6.59. The first-order valence-corrected chi connectivity index (χ1v) is 10.7. The smallest absolute Gasteiger partial charge is 0.305 e. The summed E-state index contributed by atoms with van der Waals surface area (Å²) >= 11 is 1.69. The molecular formula is C20H29N3O3S. The average Bonchev–Trinajstić information content (AvgIpc) is 3.06. The second-order valence-electron chi connectivity index (χ2n) is 7.02. The normalized spacial score (nSPS) is 13.9. The number of thiophene rings is 1. The number of carbonyl (C=O) groups excluding carboxylic acids is 1. The standard InChI is InChI=1S/C20H29N3O3S/c1-4-22(5-2)13-16-21-19-18(14-9-6-7-10-15(14)27-19)20(25)23(16)12-8-11-17(24)26-3/h4-13H2,1-3H3. The Balaban J connectivity index is 2.02. The van der Waals surface area contributed by atoms with E-state index in [4.69, 9.17) is 9.72 Å². The van der Waals surface area contributed by atoms with E-state index in [2.05, 4.69) is 18.7 Å². The molecule has 0 bridgehead atoms. The molecule has 2 heterocycles. The molecular weight excluding hydrogens is 362 g/mol. The fourth-order valence-corrected chi connectivity index (χ4v) is 5.03. The van der Waals surface area contributed by atoms with Gasteiger partial charge in [0, 0.05) is 17.8 Å². The van der Waals surface area contributed by atoms with Gasteiger partial charge in [0.2, 0.25) is 0 Å². The summed E-state index contributed by atoms with van der Waals surface area (Å²) in [6.45, 7) is 7.20. The SMILES string of the molecule is CCN(CC)Cc1nc2sc3c(c2c(=O)n1CCCC(=O)OC)CCCC3. The lowest BCUT2D eigenvalue weighted by atomic mass is 9.97. The Morgan fingerprint density at radius 1 is 1.26 bits per heavy atom. The number of esters is 1. The first kappa shape index (κ1) is 20.0. The first-order chi connectivity index (χ1) is 13.1. The van der Waals surface area contributed by atoms with Gasteiger partial charge >= 0.3 is 5.97 Å². The monoisotopic (exact) mass is 391 g/mol. The topological polar surface area (TPSA) is 64.4 Å². The van der Waals surface area contributed by atoms with Crippen molar-refractivity contribution in [2.45, 2.75) is 65.5 Å². The van der Waals surface area contributed by atoms with Crippen LogP contribution in [0.5, 0.6) is 0 Å². The van der Waals surface area contributed by atoms with E-state index < -0.39 is 0 Å². The second kappa shape index (κ2) is 8.97. The fourth-order valence-electron chi connectivity index (χ4n) is 3.76. The third kappa shape index (κ3) is 4.24. The largest absolute Gasteiger partial charge is 0.469 e. The maximum Gasteiger partial charge on any atom is 0.305 e. The van der Waals surface area contributed by atoms with E-state index in [1.165, 1.54) is 24.0 Å². The molecule has 0 fully saturated rings. The van der Waals surface area contributed by atoms with Gasteiger partial charge in [-0.2, -0.15) is 0 Å². The summed E-state index contributed by atoms with van der Waals surface area (Å²) in [6.07, 6.45) is 5.26. The van der Waals surface area contributed by atoms with E-state index in [1.807, 2.05) is 0 Å². The minimum atomic E-state index is -0.240. The molecule has 0 amide bonds. The summed E-state index contributed by atoms with van der Waals surface area (Å²) in [5.74, 6) is 0.565. The van der Waals surface area contributed by atoms with Gasteiger partial charge in [-0.3, -0.25) is 19.1 Å². The number of hydrogen-bond donors (Lipinski definition) is 0. The number of ether oxygens (including phenoxy) is 1. The van der Waals surface area contributed by atoms with Gasteiger partial charge in [0.1, 0.15) is 10.7 Å². The van der Waals surface area contributed by atoms with Gasteiger partial charge in [-0.25, -0.2) is 4.98 Å². The summed E-state index contributed by atoms with van der Waals surface area (Å²) in [4.78, 5) is 34.3. The minimum Gasteiger partial charge on any atom is -0.469 e. The van der Waals surface area contributed by atoms with E-state index in [-0.39, 0.29) is 11.5 Å². The molecule has 2 aromatic heterocycles. The lowest BCUT2D eigenvalue weighted by Gasteiger charge is -2.20. The highest BCUT2D eigenvalue weighted by Gasteiger charge is 2.22. The highest BCUT2D eigenvalue weighted by molar-refractivity contribution is 7.18. The van der Waals surface area contributed by atoms with Crippen molar-refractivity contribution in [3.8, 4) is 0 Å². The van der Waals surface area contributed by atoms with Gasteiger partial charge in [-0.1, -0.05) is 13.8 Å². The molecule has 2 aromatic rings. The fraction of sp³-hybridized carbons (Fsp3) is 0.650. The summed E-state index contributed by atoms with van der Waals surface area (Å²) in [5.41, 5.74) is 1.28. The van der Waals surface area contributed by atoms with Crippen LogP contribution in [0.4, 0.5) is 0 Å². The van der Waals surface area contributed by atoms with E-state index >= 15 is 0 Å². The number of aromatic nitrogens is 2. The molecule has 7 heteroatoms. The van der Waals surface area contributed by atoms with Gasteiger partial charge in [-0.15, -0.1) is 11.3 Å². The third-order valence-electron chi connectivity index (χ3n) is 5.40. The molecule has 0 saturated heterocycles. The van der Waals surface area contributed by atoms with E-state index in [1.54, 1.807) is 15.9 Å². The van der Waals surface area contributed by atoms with Crippen LogP contribution in [-0.2, 0) is 35.5 Å². The molecule has 0 radical (unpaired) electrons. The van der Waals surface area contributed by atoms with E-state index in [9.17, 15) is 9.59 Å². The Morgan fingerprint density at radius 2 is 2.00 bits per heavy atom. The molecule has 0 aliphatic heterocycles. The van der Waals surface area contributed by atoms with Crippen LogP contribution in [0.25, 0.3) is 10.2 Å². The molecule has 0 N–H and O–H groups in total. The van der Waals surface area contributed by atoms with E-state index in [0.717, 1.165) is 48.4 Å². The highest BCUT2D eigenvalue weighted by Crippen LogP contribution is 2.33. The van der Waals surface area contributed by atoms with Crippen molar-refractivity contribution < 1.29 is 9.53 Å². The number of fused-ring (bicyclic) bond motifs is 3. The predicted molar refractivity (Wildman–Crippen MR) is 108 cm³/mol. The molecule has 148 valence electrons. The number of hydrogen-bond acceptors (Lipinski definition) is 6. The maximum absolute atomic E-state index is 13.4. The van der Waals surface area contributed by atoms with Crippen LogP contribution in [0.1, 0.15) is 55.8 Å². The predicted octanol–water partition coefficient (Wildman–Crippen LogP) is 3.13. The Bertz CT molecular complexity index is 867. The second-order valence-corrected chi connectivity index (χ2v) is 8.10. The number of carbonyl (C=O) groups is 1. The van der Waals surface area contributed by atoms with Gasteiger partial charge in [0.05, 0.1) is 19.0 Å². The van der Waals surface area contributed by atoms with Crippen molar-refractivity contribution in [1.29, 1.82) is 0 Å². The van der Waals surface area contributed by atoms with Crippen LogP contribution in [0.15, 0.2) is 4.79 Å². The van der Waals surface area contributed by atoms with Crippen LogP contribution in [0.3, 0.4) is 0 Å². The Morgan fingerprint density at radius 3 is 2.70 bits per heavy atom. The number of nitrogens with zero attached hydrogens (tertiary/aromatic N) is 3. The summed E-state index contributed by atoms with van der Waals surface area (Å²) in [7, 11) is 1.39. The van der Waals surface area contributed by atoms with Gasteiger partial charge in [0.15, 0.2) is 0 Å². The number of aryl methyl sites for hydroxylation is 2. The lowest BCUT2D eigenvalue weighted by molar-refractivity contribution is -0.140.